The Bertz CT molecular complexity index is 450. The summed E-state index contributed by atoms with van der Waals surface area (Å²) in [6, 6.07) is 1.55. The largest absolute Gasteiger partial charge is 0.401 e. The van der Waals surface area contributed by atoms with Crippen molar-refractivity contribution in [2.24, 2.45) is 5.73 Å². The van der Waals surface area contributed by atoms with Crippen LogP contribution in [-0.4, -0.2) is 18.6 Å². The first-order valence-electron chi connectivity index (χ1n) is 4.75. The van der Waals surface area contributed by atoms with Crippen LogP contribution in [0.1, 0.15) is 11.6 Å². The van der Waals surface area contributed by atoms with E-state index in [4.69, 9.17) is 17.3 Å². The van der Waals surface area contributed by atoms with Crippen molar-refractivity contribution in [3.05, 3.63) is 34.6 Å². The van der Waals surface area contributed by atoms with E-state index < -0.39 is 30.5 Å². The average molecular weight is 285 g/mol. The lowest BCUT2D eigenvalue weighted by atomic mass is 10.1. The number of amides is 1. The van der Waals surface area contributed by atoms with E-state index in [1.807, 2.05) is 5.32 Å². The van der Waals surface area contributed by atoms with E-state index in [0.717, 1.165) is 18.2 Å². The van der Waals surface area contributed by atoms with E-state index >= 15 is 0 Å². The number of carbonyl (C=O) groups excluding carboxylic acids is 1. The molecular weight excluding hydrogens is 276 g/mol. The van der Waals surface area contributed by atoms with Crippen LogP contribution in [0.5, 0.6) is 0 Å². The van der Waals surface area contributed by atoms with Gasteiger partial charge in [-0.1, -0.05) is 17.7 Å². The zero-order valence-corrected chi connectivity index (χ0v) is 9.65. The van der Waals surface area contributed by atoms with E-state index in [9.17, 15) is 22.4 Å². The number of benzene rings is 1. The number of alkyl halides is 3. The molecule has 1 aromatic carbocycles. The van der Waals surface area contributed by atoms with Gasteiger partial charge in [0.1, 0.15) is 11.9 Å². The fourth-order valence-electron chi connectivity index (χ4n) is 1.32. The Morgan fingerprint density at radius 3 is 2.50 bits per heavy atom. The number of carbonyl (C=O) groups is 1. The summed E-state index contributed by atoms with van der Waals surface area (Å²) in [7, 11) is 0. The highest BCUT2D eigenvalue weighted by molar-refractivity contribution is 6.31. The van der Waals surface area contributed by atoms with Crippen LogP contribution in [0.15, 0.2) is 18.2 Å². The highest BCUT2D eigenvalue weighted by Crippen LogP contribution is 2.25. The second kappa shape index (κ2) is 5.53. The first-order valence-corrected chi connectivity index (χ1v) is 5.13. The van der Waals surface area contributed by atoms with Crippen LogP contribution in [0, 0.1) is 5.82 Å². The van der Waals surface area contributed by atoms with Gasteiger partial charge in [-0.3, -0.25) is 10.1 Å². The standard InChI is InChI=1S/C10H9ClF4N2O/c11-7-3-5(12)1-2-6(7)8(9(16)18)17-4-10(13,14)15/h1-3,8,17H,4H2,(H2,16,18). The van der Waals surface area contributed by atoms with Crippen LogP contribution in [0.3, 0.4) is 0 Å². The molecule has 0 heterocycles. The molecule has 0 bridgehead atoms. The summed E-state index contributed by atoms with van der Waals surface area (Å²) in [6.07, 6.45) is -4.50. The zero-order chi connectivity index (χ0) is 13.9. The smallest absolute Gasteiger partial charge is 0.368 e. The van der Waals surface area contributed by atoms with Crippen LogP contribution >= 0.6 is 11.6 Å². The Labute approximate surface area is 105 Å². The molecule has 0 aliphatic heterocycles. The van der Waals surface area contributed by atoms with E-state index in [2.05, 4.69) is 0 Å². The van der Waals surface area contributed by atoms with Crippen molar-refractivity contribution in [2.75, 3.05) is 6.54 Å². The molecule has 1 amide bonds. The second-order valence-corrected chi connectivity index (χ2v) is 3.90. The quantitative estimate of drug-likeness (QED) is 0.833. The van der Waals surface area contributed by atoms with Crippen LogP contribution in [0.25, 0.3) is 0 Å². The van der Waals surface area contributed by atoms with Crippen molar-refractivity contribution in [3.8, 4) is 0 Å². The fraction of sp³-hybridized carbons (Fsp3) is 0.300. The van der Waals surface area contributed by atoms with Crippen molar-refractivity contribution in [1.29, 1.82) is 0 Å². The second-order valence-electron chi connectivity index (χ2n) is 3.50. The fourth-order valence-corrected chi connectivity index (χ4v) is 1.59. The molecule has 0 spiro atoms. The number of primary amides is 1. The van der Waals surface area contributed by atoms with Gasteiger partial charge in [-0.15, -0.1) is 0 Å². The molecule has 0 radical (unpaired) electrons. The van der Waals surface area contributed by atoms with E-state index in [1.165, 1.54) is 0 Å². The van der Waals surface area contributed by atoms with Gasteiger partial charge in [-0.2, -0.15) is 13.2 Å². The number of hydrogen-bond donors (Lipinski definition) is 2. The van der Waals surface area contributed by atoms with Gasteiger partial charge in [-0.05, 0) is 17.7 Å². The normalized spacial score (nSPS) is 13.4. The van der Waals surface area contributed by atoms with Crippen molar-refractivity contribution in [3.63, 3.8) is 0 Å². The highest BCUT2D eigenvalue weighted by Gasteiger charge is 2.30. The van der Waals surface area contributed by atoms with Crippen LogP contribution in [0.4, 0.5) is 17.6 Å². The summed E-state index contributed by atoms with van der Waals surface area (Å²) in [6.45, 7) is -1.41. The first kappa shape index (κ1) is 14.7. The minimum Gasteiger partial charge on any atom is -0.368 e. The molecule has 0 saturated carbocycles. The van der Waals surface area contributed by atoms with Crippen LogP contribution in [-0.2, 0) is 4.79 Å². The number of hydrogen-bond acceptors (Lipinski definition) is 2. The molecule has 0 fully saturated rings. The van der Waals surface area contributed by atoms with Crippen molar-refractivity contribution >= 4 is 17.5 Å². The molecule has 1 aromatic rings. The van der Waals surface area contributed by atoms with Crippen LogP contribution in [0.2, 0.25) is 5.02 Å². The molecule has 0 aliphatic rings. The molecule has 100 valence electrons. The average Bonchev–Trinajstić information content (AvgIpc) is 2.18. The van der Waals surface area contributed by atoms with Gasteiger partial charge in [0.2, 0.25) is 5.91 Å². The molecule has 1 atom stereocenters. The van der Waals surface area contributed by atoms with Crippen molar-refractivity contribution in [1.82, 2.24) is 5.32 Å². The van der Waals surface area contributed by atoms with Crippen LogP contribution < -0.4 is 11.1 Å². The first-order chi connectivity index (χ1) is 8.20. The predicted octanol–water partition coefficient (Wildman–Crippen LogP) is 2.16. The van der Waals surface area contributed by atoms with Crippen molar-refractivity contribution in [2.45, 2.75) is 12.2 Å². The molecule has 1 unspecified atom stereocenters. The van der Waals surface area contributed by atoms with E-state index in [-0.39, 0.29) is 10.6 Å². The van der Waals surface area contributed by atoms with Gasteiger partial charge < -0.3 is 5.73 Å². The molecule has 3 nitrogen and oxygen atoms in total. The zero-order valence-electron chi connectivity index (χ0n) is 8.89. The number of halogens is 5. The van der Waals surface area contributed by atoms with Gasteiger partial charge in [0, 0.05) is 5.02 Å². The molecule has 3 N–H and O–H groups in total. The lowest BCUT2D eigenvalue weighted by Crippen LogP contribution is -2.39. The third kappa shape index (κ3) is 4.15. The Kier molecular flexibility index (Phi) is 4.53. The molecule has 0 saturated heterocycles. The summed E-state index contributed by atoms with van der Waals surface area (Å²) in [5, 5.41) is 1.76. The molecule has 1 rings (SSSR count). The summed E-state index contributed by atoms with van der Waals surface area (Å²) in [5.74, 6) is -1.70. The Hall–Kier alpha value is -1.34. The SMILES string of the molecule is NC(=O)C(NCC(F)(F)F)c1ccc(F)cc1Cl. The lowest BCUT2D eigenvalue weighted by Gasteiger charge is -2.18. The third-order valence-electron chi connectivity index (χ3n) is 2.06. The monoisotopic (exact) mass is 284 g/mol. The summed E-state index contributed by atoms with van der Waals surface area (Å²) in [5.41, 5.74) is 4.98. The van der Waals surface area contributed by atoms with Gasteiger partial charge in [-0.25, -0.2) is 4.39 Å². The maximum absolute atomic E-state index is 12.8. The summed E-state index contributed by atoms with van der Waals surface area (Å²) < 4.78 is 48.9. The molecule has 0 aliphatic carbocycles. The lowest BCUT2D eigenvalue weighted by molar-refractivity contribution is -0.130. The van der Waals surface area contributed by atoms with E-state index in [0.29, 0.717) is 0 Å². The van der Waals surface area contributed by atoms with Gasteiger partial charge in [0.25, 0.3) is 0 Å². The number of rotatable bonds is 4. The highest BCUT2D eigenvalue weighted by atomic mass is 35.5. The predicted molar refractivity (Wildman–Crippen MR) is 57.4 cm³/mol. The summed E-state index contributed by atoms with van der Waals surface area (Å²) >= 11 is 5.65. The minimum atomic E-state index is -4.50. The molecular formula is C10H9ClF4N2O. The van der Waals surface area contributed by atoms with E-state index in [1.54, 1.807) is 0 Å². The Balaban J connectivity index is 2.95. The van der Waals surface area contributed by atoms with Gasteiger partial charge in [0.15, 0.2) is 0 Å². The van der Waals surface area contributed by atoms with Gasteiger partial charge in [0.05, 0.1) is 6.54 Å². The Morgan fingerprint density at radius 1 is 1.44 bits per heavy atom. The molecule has 8 heteroatoms. The van der Waals surface area contributed by atoms with Gasteiger partial charge >= 0.3 is 6.18 Å². The number of nitrogens with one attached hydrogen (secondary N) is 1. The Morgan fingerprint density at radius 2 is 2.06 bits per heavy atom. The molecule has 18 heavy (non-hydrogen) atoms. The van der Waals surface area contributed by atoms with Crippen molar-refractivity contribution < 1.29 is 22.4 Å². The number of nitrogens with two attached hydrogens (primary N) is 1. The third-order valence-corrected chi connectivity index (χ3v) is 2.39. The summed E-state index contributed by atoms with van der Waals surface area (Å²) in [4.78, 5) is 11.1. The molecule has 0 aromatic heterocycles. The maximum Gasteiger partial charge on any atom is 0.401 e. The topological polar surface area (TPSA) is 55.1 Å². The maximum atomic E-state index is 12.8. The minimum absolute atomic E-state index is 0.00480.